The van der Waals surface area contributed by atoms with Gasteiger partial charge in [-0.25, -0.2) is 0 Å². The van der Waals surface area contributed by atoms with Crippen molar-refractivity contribution in [3.63, 3.8) is 0 Å². The number of halogens is 1. The summed E-state index contributed by atoms with van der Waals surface area (Å²) in [6, 6.07) is -2.26. The SMILES string of the molecule is [2H][C@@H]1C(CO[C@@H]2OC(CC)[C@@H](C)C(O)[C@@H]2[NH-])O[C@H]([B])[C@@H]([NH-])C1C.[CH2-][C@@H](C)F.[CH2-][C@@H](C)O.[CH3-].[Y].[Y].[Y].[Y].[Y].[Y].[Y]. The molecule has 4 N–H and O–H groups in total. The van der Waals surface area contributed by atoms with Gasteiger partial charge in [-0.05, 0) is 19.0 Å². The fraction of sp³-hybridized carbons (Fsp3) is 0.864. The van der Waals surface area contributed by atoms with Gasteiger partial charge in [0.05, 0.1) is 18.8 Å². The Morgan fingerprint density at radius 3 is 1.82 bits per heavy atom. The van der Waals surface area contributed by atoms with Crippen LogP contribution < -0.4 is 0 Å². The summed E-state index contributed by atoms with van der Waals surface area (Å²) >= 11 is 0. The summed E-state index contributed by atoms with van der Waals surface area (Å²) in [6.07, 6.45) is -3.59. The summed E-state index contributed by atoms with van der Waals surface area (Å²) in [5, 5.41) is 18.1. The minimum atomic E-state index is -0.917. The summed E-state index contributed by atoms with van der Waals surface area (Å²) in [4.78, 5) is 0. The van der Waals surface area contributed by atoms with Crippen LogP contribution in [-0.4, -0.2) is 79.6 Å². The Kier molecular flexibility index (Phi) is 65.5. The van der Waals surface area contributed by atoms with E-state index in [1.807, 2.05) is 20.8 Å². The molecule has 0 aromatic heterocycles. The molecule has 2 aliphatic heterocycles. The first-order valence-electron chi connectivity index (χ1n) is 11.0. The van der Waals surface area contributed by atoms with Gasteiger partial charge in [0.15, 0.2) is 0 Å². The molecule has 4 unspecified atom stereocenters. The molecule has 2 rings (SSSR count). The summed E-state index contributed by atoms with van der Waals surface area (Å²) in [5.74, 6) is -0.338. The Balaban J connectivity index is -0.0000000716. The Bertz CT molecular complexity index is 497. The molecule has 7 nitrogen and oxygen atoms in total. The Labute approximate surface area is 411 Å². The number of rotatable bonds is 4. The van der Waals surface area contributed by atoms with E-state index in [1.165, 1.54) is 6.92 Å². The van der Waals surface area contributed by atoms with Crippen LogP contribution in [-0.2, 0) is 243 Å². The molecule has 0 bridgehead atoms. The number of aliphatic hydroxyl groups is 2. The minimum Gasteiger partial charge on any atom is -0.673 e. The summed E-state index contributed by atoms with van der Waals surface area (Å²) in [7, 11) is 5.78. The van der Waals surface area contributed by atoms with Gasteiger partial charge < -0.3 is 57.2 Å². The molecule has 2 aliphatic rings. The van der Waals surface area contributed by atoms with Crippen LogP contribution in [0.2, 0.25) is 0 Å². The number of hydrogen-bond acceptors (Lipinski definition) is 5. The summed E-state index contributed by atoms with van der Waals surface area (Å²) < 4.78 is 36.0. The molecule has 2 heterocycles. The van der Waals surface area contributed by atoms with Crippen molar-refractivity contribution in [2.24, 2.45) is 11.8 Å². The zero-order valence-corrected chi connectivity index (χ0v) is 43.7. The zero-order valence-electron chi connectivity index (χ0n) is 24.9. The standard InChI is InChI=1S/C15H27BN2O4.C3H6F.C3H7O.CH3.7Y/c1-4-10-8(3)13(19)12(18)15(22-10)20-6-9-5-7(2)11(17)14(16)21-9;2*1-3(2)4;;;;;;;;/h7-15,17-19H,4-6H2,1-3H3;3H,1H2,2H3;3-4H,1H2,2H3;1H3;;;;;;;/q-2;3*-1;;;;;;;/t7?,8-,9?,10?,11+,12+,13?,14+,15-;2*3-;;;;;;;;/m100......../s1/i5D;;;;;;;;;;/t5-,7?,8+,9?,10?,11-,12-,13?,14-,15+;;;;;;;;;;/m0........... The van der Waals surface area contributed by atoms with Gasteiger partial charge in [-0.15, -0.1) is 6.04 Å². The van der Waals surface area contributed by atoms with E-state index in [2.05, 4.69) is 13.8 Å². The van der Waals surface area contributed by atoms with Crippen molar-refractivity contribution >= 4 is 7.85 Å². The van der Waals surface area contributed by atoms with E-state index >= 15 is 0 Å². The molecule has 207 valence electrons. The van der Waals surface area contributed by atoms with Crippen molar-refractivity contribution in [2.45, 2.75) is 102 Å². The molecule has 12 atom stereocenters. The van der Waals surface area contributed by atoms with Crippen LogP contribution in [0.3, 0.4) is 0 Å². The van der Waals surface area contributed by atoms with Crippen molar-refractivity contribution in [3.8, 4) is 0 Å². The second-order valence-electron chi connectivity index (χ2n) is 8.01. The van der Waals surface area contributed by atoms with E-state index < -0.39 is 55.3 Å². The zero-order chi connectivity index (χ0) is 24.5. The van der Waals surface area contributed by atoms with E-state index in [1.54, 1.807) is 6.92 Å². The van der Waals surface area contributed by atoms with Crippen LogP contribution in [0.25, 0.3) is 11.5 Å². The van der Waals surface area contributed by atoms with E-state index in [0.717, 1.165) is 6.42 Å². The van der Waals surface area contributed by atoms with E-state index in [4.69, 9.17) is 40.0 Å². The predicted octanol–water partition coefficient (Wildman–Crippen LogP) is 3.71. The topological polar surface area (TPSA) is 116 Å². The normalized spacial score (nSPS) is 34.6. The van der Waals surface area contributed by atoms with Gasteiger partial charge in [-0.1, -0.05) is 52.7 Å². The fourth-order valence-corrected chi connectivity index (χ4v) is 3.07. The Morgan fingerprint density at radius 1 is 1.05 bits per heavy atom. The van der Waals surface area contributed by atoms with Gasteiger partial charge in [0, 0.05) is 248 Å². The molecule has 0 amide bonds. The smallest absolute Gasteiger partial charge is 0.144 e. The van der Waals surface area contributed by atoms with Crippen LogP contribution in [0.5, 0.6) is 0 Å². The van der Waals surface area contributed by atoms with Crippen molar-refractivity contribution in [3.05, 3.63) is 32.7 Å². The molecule has 0 aromatic rings. The van der Waals surface area contributed by atoms with Crippen molar-refractivity contribution in [1.29, 1.82) is 0 Å². The predicted molar refractivity (Wildman–Crippen MR) is 124 cm³/mol. The summed E-state index contributed by atoms with van der Waals surface area (Å²) in [5.41, 5.74) is 15.9. The first-order chi connectivity index (χ1) is 14.2. The Morgan fingerprint density at radius 2 is 1.45 bits per heavy atom. The van der Waals surface area contributed by atoms with Gasteiger partial charge in [-0.2, -0.15) is 0 Å². The minimum absolute atomic E-state index is 0. The van der Waals surface area contributed by atoms with Gasteiger partial charge in [0.1, 0.15) is 14.1 Å². The number of aliphatic hydroxyl groups excluding tert-OH is 2. The van der Waals surface area contributed by atoms with Crippen LogP contribution >= 0.6 is 0 Å². The van der Waals surface area contributed by atoms with Gasteiger partial charge >= 0.3 is 0 Å². The van der Waals surface area contributed by atoms with Crippen molar-refractivity contribution in [1.82, 2.24) is 0 Å². The maximum atomic E-state index is 10.9. The first kappa shape index (κ1) is 64.0. The van der Waals surface area contributed by atoms with Crippen molar-refractivity contribution in [2.75, 3.05) is 6.61 Å². The molecular formula is C22H43BFN2O5Y7-5. The van der Waals surface area contributed by atoms with Gasteiger partial charge in [0.25, 0.3) is 0 Å². The average Bonchev–Trinajstić information content (AvgIpc) is 2.66. The average molecular weight is 1070 g/mol. The molecule has 16 heteroatoms. The first-order valence-corrected chi connectivity index (χ1v) is 10.4. The second kappa shape index (κ2) is 38.9. The molecule has 2 fully saturated rings. The summed E-state index contributed by atoms with van der Waals surface area (Å²) in [6.45, 7) is 14.9. The van der Waals surface area contributed by atoms with Gasteiger partial charge in [-0.3, -0.25) is 4.39 Å². The van der Waals surface area contributed by atoms with E-state index in [-0.39, 0.29) is 261 Å². The fourth-order valence-electron chi connectivity index (χ4n) is 3.07. The number of ether oxygens (including phenoxy) is 3. The molecule has 38 heavy (non-hydrogen) atoms. The maximum absolute atomic E-state index is 10.9. The largest absolute Gasteiger partial charge is 0.673 e. The number of hydrogen-bond donors (Lipinski definition) is 2. The molecule has 0 aliphatic carbocycles. The second-order valence-corrected chi connectivity index (χ2v) is 8.01. The van der Waals surface area contributed by atoms with Crippen molar-refractivity contribution < 1.29 is 259 Å². The molecule has 0 saturated carbocycles. The van der Waals surface area contributed by atoms with Crippen LogP contribution in [0, 0.1) is 33.1 Å². The molecule has 2 saturated heterocycles. The van der Waals surface area contributed by atoms with Crippen LogP contribution in [0.15, 0.2) is 0 Å². The third-order valence-corrected chi connectivity index (χ3v) is 4.69. The van der Waals surface area contributed by atoms with E-state index in [0.29, 0.717) is 0 Å². The number of alkyl halides is 1. The molecule has 0 spiro atoms. The number of nitrogens with one attached hydrogen (secondary N) is 2. The third kappa shape index (κ3) is 30.8. The monoisotopic (exact) mass is 1070 g/mol. The van der Waals surface area contributed by atoms with Gasteiger partial charge in [0.2, 0.25) is 0 Å². The van der Waals surface area contributed by atoms with Crippen LogP contribution in [0.1, 0.15) is 48.8 Å². The third-order valence-electron chi connectivity index (χ3n) is 4.69. The molecule has 9 radical (unpaired) electrons. The quantitative estimate of drug-likeness (QED) is 0.330. The van der Waals surface area contributed by atoms with E-state index in [9.17, 15) is 9.50 Å². The molecular weight excluding hydrogens is 1020 g/mol. The molecule has 0 aromatic carbocycles. The maximum Gasteiger partial charge on any atom is 0.144 e. The Hall–Kier alpha value is 7.44. The van der Waals surface area contributed by atoms with Crippen LogP contribution in [0.4, 0.5) is 4.39 Å².